The van der Waals surface area contributed by atoms with Crippen molar-refractivity contribution in [3.63, 3.8) is 0 Å². The summed E-state index contributed by atoms with van der Waals surface area (Å²) in [6.45, 7) is 3.64. The zero-order valence-electron chi connectivity index (χ0n) is 23.5. The van der Waals surface area contributed by atoms with Gasteiger partial charge in [-0.2, -0.15) is 0 Å². The smallest absolute Gasteiger partial charge is 0.338 e. The Morgan fingerprint density at radius 3 is 2.56 bits per heavy atom. The van der Waals surface area contributed by atoms with E-state index < -0.39 is 23.8 Å². The molecule has 9 nitrogen and oxygen atoms in total. The van der Waals surface area contributed by atoms with Crippen molar-refractivity contribution in [1.29, 1.82) is 0 Å². The number of nitrogens with zero attached hydrogens (tertiary/aromatic N) is 2. The lowest BCUT2D eigenvalue weighted by Gasteiger charge is -2.24. The first-order valence-electron chi connectivity index (χ1n) is 13.3. The van der Waals surface area contributed by atoms with E-state index >= 15 is 0 Å². The number of benzene rings is 3. The monoisotopic (exact) mass is 602 g/mol. The van der Waals surface area contributed by atoms with Gasteiger partial charge < -0.3 is 19.3 Å². The lowest BCUT2D eigenvalue weighted by atomic mass is 9.96. The number of fused-ring (bicyclic) bond motifs is 1. The Morgan fingerprint density at radius 2 is 1.86 bits per heavy atom. The van der Waals surface area contributed by atoms with Crippen molar-refractivity contribution < 1.29 is 33.3 Å². The Labute approximate surface area is 249 Å². The SMILES string of the molecule is CCOC(=O)C1=C(C)N=c2s/c(=C\c3ccc(OCc4cccc(C(=O)O)c4)c(OC)c3)c(=O)n2[C@H]1c1ccc(F)cc1. The molecule has 1 aliphatic heterocycles. The Morgan fingerprint density at radius 1 is 1.09 bits per heavy atom. The Bertz CT molecular complexity index is 1930. The van der Waals surface area contributed by atoms with Crippen LogP contribution in [-0.2, 0) is 16.1 Å². The molecule has 0 saturated heterocycles. The topological polar surface area (TPSA) is 116 Å². The van der Waals surface area contributed by atoms with Gasteiger partial charge in [-0.05, 0) is 73.0 Å². The highest BCUT2D eigenvalue weighted by molar-refractivity contribution is 7.07. The molecule has 2 heterocycles. The maximum absolute atomic E-state index is 13.8. The third-order valence-corrected chi connectivity index (χ3v) is 7.74. The lowest BCUT2D eigenvalue weighted by Crippen LogP contribution is -2.39. The molecule has 1 aromatic heterocycles. The van der Waals surface area contributed by atoms with Crippen LogP contribution in [0.3, 0.4) is 0 Å². The van der Waals surface area contributed by atoms with Crippen LogP contribution >= 0.6 is 11.3 Å². The van der Waals surface area contributed by atoms with Crippen molar-refractivity contribution in [3.05, 3.63) is 126 Å². The van der Waals surface area contributed by atoms with Crippen LogP contribution in [0.4, 0.5) is 4.39 Å². The molecule has 1 atom stereocenters. The van der Waals surface area contributed by atoms with E-state index in [-0.39, 0.29) is 29.9 Å². The minimum atomic E-state index is -1.02. The minimum Gasteiger partial charge on any atom is -0.493 e. The van der Waals surface area contributed by atoms with E-state index in [0.29, 0.717) is 43.2 Å². The molecular weight excluding hydrogens is 575 g/mol. The van der Waals surface area contributed by atoms with Gasteiger partial charge in [0, 0.05) is 0 Å². The number of hydrogen-bond donors (Lipinski definition) is 1. The standard InChI is InChI=1S/C32H27FN2O7S/c1-4-41-31(39)27-18(2)34-32-35(28(27)21-9-11-23(33)12-10-21)29(36)26(43-32)16-19-8-13-24(25(15-19)40-3)42-17-20-6-5-7-22(14-20)30(37)38/h5-16,28H,4,17H2,1-3H3,(H,37,38)/b26-16-/t28-/m0/s1. The number of halogens is 1. The summed E-state index contributed by atoms with van der Waals surface area (Å²) in [6.07, 6.45) is 1.69. The van der Waals surface area contributed by atoms with Gasteiger partial charge >= 0.3 is 11.9 Å². The lowest BCUT2D eigenvalue weighted by molar-refractivity contribution is -0.139. The first-order chi connectivity index (χ1) is 20.7. The van der Waals surface area contributed by atoms with Gasteiger partial charge in [0.25, 0.3) is 5.56 Å². The molecular formula is C32H27FN2O7S. The number of thiazole rings is 1. The highest BCUT2D eigenvalue weighted by Gasteiger charge is 2.33. The van der Waals surface area contributed by atoms with E-state index in [4.69, 9.17) is 14.2 Å². The molecule has 0 fully saturated rings. The van der Waals surface area contributed by atoms with Crippen LogP contribution in [0.2, 0.25) is 0 Å². The van der Waals surface area contributed by atoms with E-state index in [9.17, 15) is 23.9 Å². The second-order valence-corrected chi connectivity index (χ2v) is 10.6. The van der Waals surface area contributed by atoms with Crippen LogP contribution in [0.1, 0.15) is 46.9 Å². The number of carbonyl (C=O) groups excluding carboxylic acids is 1. The summed E-state index contributed by atoms with van der Waals surface area (Å²) >= 11 is 1.17. The summed E-state index contributed by atoms with van der Waals surface area (Å²) in [5, 5.41) is 9.23. The Hall–Kier alpha value is -5.03. The molecule has 5 rings (SSSR count). The number of esters is 1. The van der Waals surface area contributed by atoms with Crippen molar-refractivity contribution in [3.8, 4) is 11.5 Å². The van der Waals surface area contributed by atoms with Crippen LogP contribution < -0.4 is 24.4 Å². The molecule has 0 amide bonds. The van der Waals surface area contributed by atoms with Crippen molar-refractivity contribution in [2.24, 2.45) is 4.99 Å². The number of carboxylic acids is 1. The summed E-state index contributed by atoms with van der Waals surface area (Å²) < 4.78 is 32.3. The van der Waals surface area contributed by atoms with E-state index in [1.165, 1.54) is 59.4 Å². The van der Waals surface area contributed by atoms with Crippen molar-refractivity contribution in [2.45, 2.75) is 26.5 Å². The molecule has 43 heavy (non-hydrogen) atoms. The molecule has 0 saturated carbocycles. The fourth-order valence-corrected chi connectivity index (χ4v) is 5.80. The molecule has 4 aromatic rings. The Balaban J connectivity index is 1.51. The highest BCUT2D eigenvalue weighted by atomic mass is 32.1. The van der Waals surface area contributed by atoms with Crippen molar-refractivity contribution >= 4 is 29.4 Å². The molecule has 1 N–H and O–H groups in total. The zero-order valence-corrected chi connectivity index (χ0v) is 24.3. The van der Waals surface area contributed by atoms with Gasteiger partial charge in [-0.3, -0.25) is 9.36 Å². The first-order valence-corrected chi connectivity index (χ1v) is 14.1. The molecule has 220 valence electrons. The number of hydrogen-bond acceptors (Lipinski definition) is 8. The minimum absolute atomic E-state index is 0.126. The quantitative estimate of drug-likeness (QED) is 0.285. The summed E-state index contributed by atoms with van der Waals surface area (Å²) in [5.41, 5.74) is 2.30. The number of ether oxygens (including phenoxy) is 3. The van der Waals surface area contributed by atoms with Crippen LogP contribution in [-0.4, -0.2) is 35.3 Å². The number of allylic oxidation sites excluding steroid dienone is 1. The number of carboxylic acid groups (broad SMARTS) is 1. The summed E-state index contributed by atoms with van der Waals surface area (Å²) in [5.74, 6) is -1.20. The van der Waals surface area contributed by atoms with Gasteiger partial charge in [-0.15, -0.1) is 0 Å². The summed E-state index contributed by atoms with van der Waals surface area (Å²) in [4.78, 5) is 43.0. The molecule has 0 unspecified atom stereocenters. The van der Waals surface area contributed by atoms with Crippen LogP contribution in [0.5, 0.6) is 11.5 Å². The van der Waals surface area contributed by atoms with E-state index in [0.717, 1.165) is 0 Å². The van der Waals surface area contributed by atoms with Gasteiger partial charge in [0.15, 0.2) is 16.3 Å². The van der Waals surface area contributed by atoms with Crippen molar-refractivity contribution in [2.75, 3.05) is 13.7 Å². The van der Waals surface area contributed by atoms with Crippen LogP contribution in [0.25, 0.3) is 6.08 Å². The number of aromatic carboxylic acids is 1. The molecule has 0 spiro atoms. The fourth-order valence-electron chi connectivity index (χ4n) is 4.75. The summed E-state index contributed by atoms with van der Waals surface area (Å²) in [7, 11) is 1.49. The van der Waals surface area contributed by atoms with E-state index in [1.54, 1.807) is 50.3 Å². The van der Waals surface area contributed by atoms with Gasteiger partial charge in [0.05, 0.1) is 41.1 Å². The van der Waals surface area contributed by atoms with Gasteiger partial charge in [-0.1, -0.05) is 41.7 Å². The molecule has 0 bridgehead atoms. The molecule has 0 radical (unpaired) electrons. The van der Waals surface area contributed by atoms with E-state index in [1.807, 2.05) is 0 Å². The van der Waals surface area contributed by atoms with Crippen LogP contribution in [0, 0.1) is 5.82 Å². The molecule has 11 heteroatoms. The van der Waals surface area contributed by atoms with E-state index in [2.05, 4.69) is 4.99 Å². The number of methoxy groups -OCH3 is 1. The summed E-state index contributed by atoms with van der Waals surface area (Å²) in [6, 6.07) is 16.4. The van der Waals surface area contributed by atoms with Gasteiger partial charge in [0.1, 0.15) is 12.4 Å². The second kappa shape index (κ2) is 12.5. The fraction of sp³-hybridized carbons (Fsp3) is 0.188. The largest absolute Gasteiger partial charge is 0.493 e. The average Bonchev–Trinajstić information content (AvgIpc) is 3.30. The van der Waals surface area contributed by atoms with Crippen molar-refractivity contribution in [1.82, 2.24) is 4.57 Å². The second-order valence-electron chi connectivity index (χ2n) is 9.56. The molecule has 3 aromatic carbocycles. The molecule has 1 aliphatic rings. The number of carbonyl (C=O) groups is 2. The average molecular weight is 603 g/mol. The third kappa shape index (κ3) is 6.12. The van der Waals surface area contributed by atoms with Crippen LogP contribution in [0.15, 0.2) is 87.8 Å². The normalized spacial score (nSPS) is 14.6. The maximum Gasteiger partial charge on any atom is 0.338 e. The highest BCUT2D eigenvalue weighted by Crippen LogP contribution is 2.31. The third-order valence-electron chi connectivity index (χ3n) is 6.76. The Kier molecular flexibility index (Phi) is 8.53. The van der Waals surface area contributed by atoms with Gasteiger partial charge in [0.2, 0.25) is 0 Å². The predicted octanol–water partition coefficient (Wildman–Crippen LogP) is 4.22. The predicted molar refractivity (Wildman–Crippen MR) is 158 cm³/mol. The maximum atomic E-state index is 13.8. The van der Waals surface area contributed by atoms with Gasteiger partial charge in [-0.25, -0.2) is 19.0 Å². The number of rotatable bonds is 9. The first kappa shape index (κ1) is 29.5. The number of aromatic nitrogens is 1. The molecule has 0 aliphatic carbocycles. The zero-order chi connectivity index (χ0) is 30.7.